The van der Waals surface area contributed by atoms with Crippen LogP contribution in [0.5, 0.6) is 0 Å². The lowest BCUT2D eigenvalue weighted by Gasteiger charge is -2.20. The lowest BCUT2D eigenvalue weighted by atomic mass is 10.2. The van der Waals surface area contributed by atoms with Crippen LogP contribution in [-0.2, 0) is 28.6 Å². The van der Waals surface area contributed by atoms with E-state index in [2.05, 4.69) is 8.37 Å². The Labute approximate surface area is 175 Å². The molecule has 170 valence electrons. The van der Waals surface area contributed by atoms with Crippen LogP contribution in [0.25, 0.3) is 0 Å². The maximum atomic E-state index is 12.0. The van der Waals surface area contributed by atoms with Crippen molar-refractivity contribution in [3.63, 3.8) is 0 Å². The first kappa shape index (κ1) is 25.6. The van der Waals surface area contributed by atoms with E-state index in [0.717, 1.165) is 0 Å². The second kappa shape index (κ2) is 10.1. The van der Waals surface area contributed by atoms with Gasteiger partial charge in [-0.25, -0.2) is 31.3 Å². The molecule has 2 amide bonds. The van der Waals surface area contributed by atoms with Gasteiger partial charge in [-0.15, -0.1) is 0 Å². The Morgan fingerprint density at radius 1 is 0.800 bits per heavy atom. The highest BCUT2D eigenvalue weighted by Crippen LogP contribution is 2.20. The van der Waals surface area contributed by atoms with Crippen molar-refractivity contribution in [1.29, 1.82) is 0 Å². The SMILES string of the molecule is CCC(C)S(=O)(=O)OC(=O)N(N)c1ccc(N(N)C(=O)OS(=O)(=O)C(C)CC)cc1. The van der Waals surface area contributed by atoms with E-state index in [9.17, 15) is 26.4 Å². The average molecular weight is 467 g/mol. The van der Waals surface area contributed by atoms with Crippen LogP contribution in [0.15, 0.2) is 24.3 Å². The third-order valence-corrected chi connectivity index (χ3v) is 7.70. The van der Waals surface area contributed by atoms with Crippen molar-refractivity contribution in [2.45, 2.75) is 51.0 Å². The number of carbonyl (C=O) groups is 2. The first-order valence-electron chi connectivity index (χ1n) is 8.91. The maximum absolute atomic E-state index is 12.0. The topological polar surface area (TPSA) is 179 Å². The number of nitrogens with zero attached hydrogens (tertiary/aromatic N) is 2. The number of rotatable bonds is 8. The summed E-state index contributed by atoms with van der Waals surface area (Å²) in [6.07, 6.45) is -2.17. The van der Waals surface area contributed by atoms with Gasteiger partial charge in [-0.1, -0.05) is 13.8 Å². The highest BCUT2D eigenvalue weighted by molar-refractivity contribution is 7.88. The van der Waals surface area contributed by atoms with Gasteiger partial charge in [-0.3, -0.25) is 0 Å². The molecule has 4 N–H and O–H groups in total. The summed E-state index contributed by atoms with van der Waals surface area (Å²) in [7, 11) is -8.28. The fourth-order valence-corrected chi connectivity index (χ4v) is 3.54. The van der Waals surface area contributed by atoms with Gasteiger partial charge in [0.15, 0.2) is 0 Å². The van der Waals surface area contributed by atoms with Crippen molar-refractivity contribution in [3.8, 4) is 0 Å². The predicted molar refractivity (Wildman–Crippen MR) is 110 cm³/mol. The van der Waals surface area contributed by atoms with Crippen LogP contribution in [0.1, 0.15) is 40.5 Å². The molecule has 1 aromatic rings. The molecule has 0 radical (unpaired) electrons. The van der Waals surface area contributed by atoms with Crippen LogP contribution in [0.3, 0.4) is 0 Å². The van der Waals surface area contributed by atoms with Gasteiger partial charge in [0.25, 0.3) is 0 Å². The molecule has 2 atom stereocenters. The standard InChI is InChI=1S/C16H26N4O8S2/c1-5-11(3)29(23,24)27-15(21)19(17)13-7-9-14(10-8-13)20(18)16(22)28-30(25,26)12(4)6-2/h7-12H,5-6,17-18H2,1-4H3. The quantitative estimate of drug-likeness (QED) is 0.247. The Morgan fingerprint density at radius 3 is 1.30 bits per heavy atom. The molecule has 2 unspecified atom stereocenters. The van der Waals surface area contributed by atoms with E-state index in [1.54, 1.807) is 13.8 Å². The van der Waals surface area contributed by atoms with Gasteiger partial charge in [0.05, 0.1) is 21.9 Å². The average Bonchev–Trinajstić information content (AvgIpc) is 2.70. The molecular formula is C16H26N4O8S2. The van der Waals surface area contributed by atoms with Gasteiger partial charge >= 0.3 is 32.4 Å². The summed E-state index contributed by atoms with van der Waals surface area (Å²) in [5.74, 6) is 11.2. The molecule has 1 rings (SSSR count). The minimum absolute atomic E-state index is 0.0251. The van der Waals surface area contributed by atoms with Crippen LogP contribution in [-0.4, -0.2) is 39.5 Å². The van der Waals surface area contributed by atoms with Crippen molar-refractivity contribution in [2.75, 3.05) is 10.0 Å². The van der Waals surface area contributed by atoms with E-state index in [1.807, 2.05) is 0 Å². The van der Waals surface area contributed by atoms with Crippen molar-refractivity contribution in [2.24, 2.45) is 11.7 Å². The molecule has 0 saturated carbocycles. The molecule has 0 bridgehead atoms. The molecule has 30 heavy (non-hydrogen) atoms. The fraction of sp³-hybridized carbons (Fsp3) is 0.500. The van der Waals surface area contributed by atoms with Gasteiger partial charge < -0.3 is 8.37 Å². The van der Waals surface area contributed by atoms with Crippen LogP contribution >= 0.6 is 0 Å². The number of hydrogen-bond donors (Lipinski definition) is 2. The Hall–Kier alpha value is -2.42. The molecule has 0 saturated heterocycles. The first-order valence-corrected chi connectivity index (χ1v) is 11.8. The number of nitrogens with two attached hydrogens (primary N) is 2. The third kappa shape index (κ3) is 6.29. The zero-order chi connectivity index (χ0) is 23.3. The van der Waals surface area contributed by atoms with Crippen LogP contribution in [0, 0.1) is 0 Å². The number of amides is 2. The number of hydrazine groups is 2. The fourth-order valence-electron chi connectivity index (χ4n) is 1.84. The number of benzene rings is 1. The van der Waals surface area contributed by atoms with E-state index in [-0.39, 0.29) is 24.2 Å². The van der Waals surface area contributed by atoms with Gasteiger partial charge in [0.1, 0.15) is 0 Å². The summed E-state index contributed by atoms with van der Waals surface area (Å²) in [6.45, 7) is 6.00. The smallest absolute Gasteiger partial charge is 0.326 e. The van der Waals surface area contributed by atoms with Crippen LogP contribution in [0.2, 0.25) is 0 Å². The van der Waals surface area contributed by atoms with Gasteiger partial charge in [0, 0.05) is 0 Å². The largest absolute Gasteiger partial charge is 0.444 e. The molecule has 0 fully saturated rings. The summed E-state index contributed by atoms with van der Waals surface area (Å²) >= 11 is 0. The molecular weight excluding hydrogens is 440 g/mol. The van der Waals surface area contributed by atoms with Gasteiger partial charge in [-0.2, -0.15) is 16.8 Å². The summed E-state index contributed by atoms with van der Waals surface area (Å²) in [6, 6.07) is 4.96. The molecule has 14 heteroatoms. The molecule has 0 aromatic heterocycles. The minimum Gasteiger partial charge on any atom is -0.326 e. The second-order valence-corrected chi connectivity index (χ2v) is 10.3. The molecule has 0 aliphatic carbocycles. The summed E-state index contributed by atoms with van der Waals surface area (Å²) in [5, 5.41) is -0.895. The molecule has 0 aliphatic rings. The van der Waals surface area contributed by atoms with Crippen LogP contribution < -0.4 is 21.7 Å². The Bertz CT molecular complexity index is 884. The monoisotopic (exact) mass is 466 g/mol. The molecule has 0 spiro atoms. The zero-order valence-corrected chi connectivity index (χ0v) is 18.6. The zero-order valence-electron chi connectivity index (χ0n) is 17.0. The van der Waals surface area contributed by atoms with Crippen LogP contribution in [0.4, 0.5) is 21.0 Å². The van der Waals surface area contributed by atoms with Crippen molar-refractivity contribution in [3.05, 3.63) is 24.3 Å². The Balaban J connectivity index is 2.90. The van der Waals surface area contributed by atoms with E-state index in [1.165, 1.54) is 38.1 Å². The lowest BCUT2D eigenvalue weighted by molar-refractivity contribution is 0.207. The van der Waals surface area contributed by atoms with Gasteiger partial charge in [0.2, 0.25) is 0 Å². The molecule has 0 heterocycles. The molecule has 12 nitrogen and oxygen atoms in total. The highest BCUT2D eigenvalue weighted by Gasteiger charge is 2.28. The highest BCUT2D eigenvalue weighted by atomic mass is 32.2. The van der Waals surface area contributed by atoms with E-state index >= 15 is 0 Å². The molecule has 0 aliphatic heterocycles. The summed E-state index contributed by atoms with van der Waals surface area (Å²) in [4.78, 5) is 24.0. The van der Waals surface area contributed by atoms with Crippen molar-refractivity contribution in [1.82, 2.24) is 0 Å². The molecule has 1 aromatic carbocycles. The maximum Gasteiger partial charge on any atom is 0.444 e. The first-order chi connectivity index (χ1) is 13.8. The minimum atomic E-state index is -4.14. The Kier molecular flexibility index (Phi) is 8.59. The van der Waals surface area contributed by atoms with E-state index < -0.39 is 42.9 Å². The summed E-state index contributed by atoms with van der Waals surface area (Å²) < 4.78 is 56.4. The second-order valence-electron chi connectivity index (χ2n) is 6.38. The van der Waals surface area contributed by atoms with Crippen molar-refractivity contribution < 1.29 is 34.8 Å². The normalized spacial score (nSPS) is 13.8. The predicted octanol–water partition coefficient (Wildman–Crippen LogP) is 1.58. The third-order valence-electron chi connectivity index (χ3n) is 4.31. The van der Waals surface area contributed by atoms with Gasteiger partial charge in [-0.05, 0) is 51.0 Å². The summed E-state index contributed by atoms with van der Waals surface area (Å²) in [5.41, 5.74) is 0.0502. The number of anilines is 2. The van der Waals surface area contributed by atoms with E-state index in [0.29, 0.717) is 10.0 Å². The Morgan fingerprint density at radius 2 is 1.07 bits per heavy atom. The number of carbonyl (C=O) groups excluding carboxylic acids is 2. The van der Waals surface area contributed by atoms with Crippen molar-refractivity contribution >= 4 is 43.8 Å². The lowest BCUT2D eigenvalue weighted by Crippen LogP contribution is -2.41. The number of hydrogen-bond acceptors (Lipinski definition) is 10. The van der Waals surface area contributed by atoms with E-state index in [4.69, 9.17) is 11.7 Å².